The highest BCUT2D eigenvalue weighted by Crippen LogP contribution is 2.23. The fourth-order valence-corrected chi connectivity index (χ4v) is 3.19. The average molecular weight is 312 g/mol. The van der Waals surface area contributed by atoms with Gasteiger partial charge < -0.3 is 9.88 Å². The van der Waals surface area contributed by atoms with Crippen LogP contribution in [-0.2, 0) is 11.3 Å². The van der Waals surface area contributed by atoms with Crippen molar-refractivity contribution in [1.29, 1.82) is 0 Å². The molecule has 5 heteroatoms. The molecule has 5 nitrogen and oxygen atoms in total. The Hall–Kier alpha value is -2.14. The van der Waals surface area contributed by atoms with E-state index in [1.54, 1.807) is 7.05 Å². The molecule has 1 amide bonds. The molecule has 1 aromatic heterocycles. The van der Waals surface area contributed by atoms with Crippen LogP contribution in [0.5, 0.6) is 0 Å². The molecule has 0 spiro atoms. The van der Waals surface area contributed by atoms with Crippen molar-refractivity contribution in [3.8, 4) is 11.4 Å². The van der Waals surface area contributed by atoms with E-state index in [2.05, 4.69) is 38.1 Å². The Morgan fingerprint density at radius 2 is 2.00 bits per heavy atom. The number of imidazole rings is 1. The number of nitrogens with one attached hydrogen (secondary N) is 1. The van der Waals surface area contributed by atoms with Crippen molar-refractivity contribution < 1.29 is 4.79 Å². The number of likely N-dealkylation sites (N-methyl/N-ethyl adjacent to an activating group) is 1. The minimum absolute atomic E-state index is 0.101. The predicted molar refractivity (Wildman–Crippen MR) is 90.9 cm³/mol. The second-order valence-corrected chi connectivity index (χ2v) is 6.16. The molecule has 3 rings (SSSR count). The first-order valence-electron chi connectivity index (χ1n) is 8.25. The van der Waals surface area contributed by atoms with Crippen molar-refractivity contribution in [2.24, 2.45) is 5.92 Å². The van der Waals surface area contributed by atoms with Crippen molar-refractivity contribution in [1.82, 2.24) is 19.8 Å². The summed E-state index contributed by atoms with van der Waals surface area (Å²) in [5.41, 5.74) is 1.16. The molecule has 2 heterocycles. The number of aromatic nitrogens is 2. The summed E-state index contributed by atoms with van der Waals surface area (Å²) in [6.07, 6.45) is 6.20. The molecule has 1 fully saturated rings. The Morgan fingerprint density at radius 1 is 1.26 bits per heavy atom. The van der Waals surface area contributed by atoms with Gasteiger partial charge >= 0.3 is 0 Å². The number of hydrogen-bond donors (Lipinski definition) is 1. The summed E-state index contributed by atoms with van der Waals surface area (Å²) in [5.74, 6) is 1.79. The van der Waals surface area contributed by atoms with Gasteiger partial charge in [0.2, 0.25) is 5.91 Å². The van der Waals surface area contributed by atoms with Gasteiger partial charge in [-0.3, -0.25) is 9.69 Å². The van der Waals surface area contributed by atoms with E-state index in [0.29, 0.717) is 12.5 Å². The normalized spacial score (nSPS) is 16.4. The minimum Gasteiger partial charge on any atom is -0.358 e. The molecule has 0 saturated carbocycles. The second kappa shape index (κ2) is 7.42. The Kier molecular flexibility index (Phi) is 5.08. The van der Waals surface area contributed by atoms with Crippen LogP contribution >= 0.6 is 0 Å². The predicted octanol–water partition coefficient (Wildman–Crippen LogP) is 2.01. The van der Waals surface area contributed by atoms with Crippen LogP contribution in [-0.4, -0.2) is 47.0 Å². The van der Waals surface area contributed by atoms with E-state index in [1.807, 2.05) is 24.4 Å². The van der Waals surface area contributed by atoms with Gasteiger partial charge in [0, 0.05) is 31.5 Å². The van der Waals surface area contributed by atoms with Crippen LogP contribution in [0.3, 0.4) is 0 Å². The number of benzene rings is 1. The zero-order valence-corrected chi connectivity index (χ0v) is 13.6. The zero-order chi connectivity index (χ0) is 16.1. The highest BCUT2D eigenvalue weighted by Gasteiger charge is 2.21. The molecule has 2 aromatic rings. The molecule has 23 heavy (non-hydrogen) atoms. The van der Waals surface area contributed by atoms with Gasteiger partial charge in [-0.25, -0.2) is 4.98 Å². The molecule has 1 aliphatic heterocycles. The molecule has 0 radical (unpaired) electrons. The first-order chi connectivity index (χ1) is 11.3. The zero-order valence-electron chi connectivity index (χ0n) is 13.6. The number of rotatable bonds is 5. The number of piperidine rings is 1. The first-order valence-corrected chi connectivity index (χ1v) is 8.25. The van der Waals surface area contributed by atoms with Crippen LogP contribution in [0.1, 0.15) is 12.8 Å². The third-order valence-corrected chi connectivity index (χ3v) is 4.56. The Labute approximate surface area is 137 Å². The maximum atomic E-state index is 11.5. The van der Waals surface area contributed by atoms with Crippen LogP contribution in [0.2, 0.25) is 0 Å². The summed E-state index contributed by atoms with van der Waals surface area (Å²) in [7, 11) is 1.69. The molecule has 0 unspecified atom stereocenters. The van der Waals surface area contributed by atoms with Crippen molar-refractivity contribution in [2.45, 2.75) is 19.4 Å². The molecule has 1 N–H and O–H groups in total. The standard InChI is InChI=1S/C18H24N4O/c1-19-17(23)14-21-10-7-15(8-11-21)13-22-12-9-20-18(22)16-5-3-2-4-6-16/h2-6,9,12,15H,7-8,10-11,13-14H2,1H3,(H,19,23). The topological polar surface area (TPSA) is 50.2 Å². The number of carbonyl (C=O) groups excluding carboxylic acids is 1. The fourth-order valence-electron chi connectivity index (χ4n) is 3.19. The van der Waals surface area contributed by atoms with Gasteiger partial charge in [0.15, 0.2) is 0 Å². The van der Waals surface area contributed by atoms with Gasteiger partial charge in [0.05, 0.1) is 6.54 Å². The summed E-state index contributed by atoms with van der Waals surface area (Å²) >= 11 is 0. The van der Waals surface area contributed by atoms with E-state index in [1.165, 1.54) is 0 Å². The molecule has 1 aromatic carbocycles. The summed E-state index contributed by atoms with van der Waals surface area (Å²) < 4.78 is 2.26. The molecule has 0 aliphatic carbocycles. The molecule has 122 valence electrons. The summed E-state index contributed by atoms with van der Waals surface area (Å²) in [4.78, 5) is 18.2. The lowest BCUT2D eigenvalue weighted by molar-refractivity contribution is -0.122. The van der Waals surface area contributed by atoms with Crippen LogP contribution in [0.25, 0.3) is 11.4 Å². The fraction of sp³-hybridized carbons (Fsp3) is 0.444. The molecule has 1 saturated heterocycles. The lowest BCUT2D eigenvalue weighted by Gasteiger charge is -2.31. The smallest absolute Gasteiger partial charge is 0.233 e. The maximum absolute atomic E-state index is 11.5. The van der Waals surface area contributed by atoms with E-state index in [4.69, 9.17) is 0 Å². The Bertz CT molecular complexity index is 629. The first kappa shape index (κ1) is 15.7. The van der Waals surface area contributed by atoms with E-state index < -0.39 is 0 Å². The van der Waals surface area contributed by atoms with Gasteiger partial charge in [0.25, 0.3) is 0 Å². The number of likely N-dealkylation sites (tertiary alicyclic amines) is 1. The maximum Gasteiger partial charge on any atom is 0.233 e. The largest absolute Gasteiger partial charge is 0.358 e. The van der Waals surface area contributed by atoms with Crippen LogP contribution in [0, 0.1) is 5.92 Å². The van der Waals surface area contributed by atoms with Crippen molar-refractivity contribution >= 4 is 5.91 Å². The molecular formula is C18H24N4O. The number of hydrogen-bond acceptors (Lipinski definition) is 3. The van der Waals surface area contributed by atoms with Crippen molar-refractivity contribution in [3.05, 3.63) is 42.7 Å². The highest BCUT2D eigenvalue weighted by atomic mass is 16.1. The number of amides is 1. The molecule has 0 bridgehead atoms. The third kappa shape index (κ3) is 3.99. The number of nitrogens with zero attached hydrogens (tertiary/aromatic N) is 3. The van der Waals surface area contributed by atoms with Crippen LogP contribution in [0.15, 0.2) is 42.7 Å². The second-order valence-electron chi connectivity index (χ2n) is 6.16. The lowest BCUT2D eigenvalue weighted by atomic mass is 9.96. The lowest BCUT2D eigenvalue weighted by Crippen LogP contribution is -2.41. The highest BCUT2D eigenvalue weighted by molar-refractivity contribution is 5.77. The van der Waals surface area contributed by atoms with Gasteiger partial charge in [-0.2, -0.15) is 0 Å². The van der Waals surface area contributed by atoms with E-state index >= 15 is 0 Å². The summed E-state index contributed by atoms with van der Waals surface area (Å²) in [6.45, 7) is 3.50. The van der Waals surface area contributed by atoms with Gasteiger partial charge in [0.1, 0.15) is 5.82 Å². The van der Waals surface area contributed by atoms with Gasteiger partial charge in [-0.05, 0) is 31.8 Å². The Balaban J connectivity index is 1.58. The average Bonchev–Trinajstić information content (AvgIpc) is 3.05. The minimum atomic E-state index is 0.101. The summed E-state index contributed by atoms with van der Waals surface area (Å²) in [6, 6.07) is 10.3. The SMILES string of the molecule is CNC(=O)CN1CCC(Cn2ccnc2-c2ccccc2)CC1. The quantitative estimate of drug-likeness (QED) is 0.919. The Morgan fingerprint density at radius 3 is 2.70 bits per heavy atom. The van der Waals surface area contributed by atoms with Crippen LogP contribution in [0.4, 0.5) is 0 Å². The van der Waals surface area contributed by atoms with E-state index in [0.717, 1.165) is 43.9 Å². The van der Waals surface area contributed by atoms with Crippen molar-refractivity contribution in [3.63, 3.8) is 0 Å². The van der Waals surface area contributed by atoms with Crippen LogP contribution < -0.4 is 5.32 Å². The summed E-state index contributed by atoms with van der Waals surface area (Å²) in [5, 5.41) is 2.69. The van der Waals surface area contributed by atoms with Crippen molar-refractivity contribution in [2.75, 3.05) is 26.7 Å². The van der Waals surface area contributed by atoms with E-state index in [9.17, 15) is 4.79 Å². The molecule has 0 atom stereocenters. The van der Waals surface area contributed by atoms with Gasteiger partial charge in [-0.15, -0.1) is 0 Å². The third-order valence-electron chi connectivity index (χ3n) is 4.56. The van der Waals surface area contributed by atoms with Gasteiger partial charge in [-0.1, -0.05) is 30.3 Å². The molecular weight excluding hydrogens is 288 g/mol. The van der Waals surface area contributed by atoms with E-state index in [-0.39, 0.29) is 5.91 Å². The monoisotopic (exact) mass is 312 g/mol. The molecule has 1 aliphatic rings. The number of carbonyl (C=O) groups is 1.